The lowest BCUT2D eigenvalue weighted by Gasteiger charge is -2.17. The molecule has 0 radical (unpaired) electrons. The van der Waals surface area contributed by atoms with Crippen molar-refractivity contribution in [1.29, 1.82) is 0 Å². The van der Waals surface area contributed by atoms with Gasteiger partial charge in [-0.15, -0.1) is 0 Å². The van der Waals surface area contributed by atoms with Crippen LogP contribution in [0.15, 0.2) is 18.2 Å². The van der Waals surface area contributed by atoms with Gasteiger partial charge in [-0.3, -0.25) is 4.79 Å². The number of carbonyl (C=O) groups excluding carboxylic acids is 1. The normalized spacial score (nSPS) is 12.6. The number of carboxylic acids is 1. The number of hydrogen-bond donors (Lipinski definition) is 2. The van der Waals surface area contributed by atoms with Crippen molar-refractivity contribution < 1.29 is 36.6 Å². The Bertz CT molecular complexity index is 966. The molecule has 1 amide bonds. The van der Waals surface area contributed by atoms with Crippen molar-refractivity contribution in [2.75, 3.05) is 5.32 Å². The maximum absolute atomic E-state index is 14.7. The molecule has 1 aromatic carbocycles. The third-order valence-electron chi connectivity index (χ3n) is 3.41. The highest BCUT2D eigenvalue weighted by Gasteiger charge is 2.44. The van der Waals surface area contributed by atoms with Gasteiger partial charge in [0.1, 0.15) is 5.82 Å². The van der Waals surface area contributed by atoms with Crippen LogP contribution in [0.1, 0.15) is 29.1 Å². The van der Waals surface area contributed by atoms with E-state index in [0.29, 0.717) is 0 Å². The molecule has 2 aromatic rings. The standard InChI is InChI=1S/C16H9Cl2F5N2O3/c1-5(26)24-9-4-8(25-13(11(9)18)15(27)28)6-2-3-7(17)10(12(6)19)14(20)16(21,22)23/h2-4,14H,1H3,(H,27,28)(H,24,25,26). The minimum absolute atomic E-state index is 0.278. The van der Waals surface area contributed by atoms with Crippen LogP contribution in [0.2, 0.25) is 10.0 Å². The molecule has 0 fully saturated rings. The van der Waals surface area contributed by atoms with Crippen LogP contribution in [0.4, 0.5) is 27.6 Å². The Morgan fingerprint density at radius 3 is 2.36 bits per heavy atom. The zero-order valence-electron chi connectivity index (χ0n) is 13.7. The maximum atomic E-state index is 14.7. The Morgan fingerprint density at radius 2 is 1.86 bits per heavy atom. The number of nitrogens with one attached hydrogen (secondary N) is 1. The second-order valence-corrected chi connectivity index (χ2v) is 6.22. The number of aromatic nitrogens is 1. The SMILES string of the molecule is CC(=O)Nc1cc(-c2ccc(Cl)c(C(F)C(F)(F)F)c2F)nc(C(=O)O)c1Cl. The molecule has 28 heavy (non-hydrogen) atoms. The molecule has 1 aromatic heterocycles. The van der Waals surface area contributed by atoms with Crippen molar-refractivity contribution in [3.05, 3.63) is 45.3 Å². The summed E-state index contributed by atoms with van der Waals surface area (Å²) >= 11 is 11.4. The van der Waals surface area contributed by atoms with E-state index in [9.17, 15) is 36.6 Å². The van der Waals surface area contributed by atoms with Crippen molar-refractivity contribution in [2.24, 2.45) is 0 Å². The van der Waals surface area contributed by atoms with E-state index in [1.165, 1.54) is 0 Å². The average Bonchev–Trinajstić information content (AvgIpc) is 2.55. The van der Waals surface area contributed by atoms with E-state index in [0.717, 1.165) is 25.1 Å². The van der Waals surface area contributed by atoms with E-state index in [1.54, 1.807) is 0 Å². The highest BCUT2D eigenvalue weighted by Crippen LogP contribution is 2.43. The molecule has 0 spiro atoms. The Hall–Kier alpha value is -2.46. The number of aromatic carboxylic acids is 1. The van der Waals surface area contributed by atoms with Gasteiger partial charge >= 0.3 is 12.1 Å². The van der Waals surface area contributed by atoms with E-state index in [2.05, 4.69) is 10.3 Å². The summed E-state index contributed by atoms with van der Waals surface area (Å²) in [5, 5.41) is 10.1. The van der Waals surface area contributed by atoms with E-state index < -0.39 is 62.6 Å². The lowest BCUT2D eigenvalue weighted by atomic mass is 10.0. The monoisotopic (exact) mass is 442 g/mol. The van der Waals surface area contributed by atoms with Gasteiger partial charge in [-0.25, -0.2) is 18.6 Å². The Kier molecular flexibility index (Phi) is 6.15. The molecule has 0 saturated heterocycles. The highest BCUT2D eigenvalue weighted by atomic mass is 35.5. The van der Waals surface area contributed by atoms with Gasteiger partial charge in [0.15, 0.2) is 5.69 Å². The van der Waals surface area contributed by atoms with Crippen LogP contribution in [0.3, 0.4) is 0 Å². The minimum atomic E-state index is -5.43. The van der Waals surface area contributed by atoms with Crippen LogP contribution in [0, 0.1) is 5.82 Å². The van der Waals surface area contributed by atoms with Crippen LogP contribution < -0.4 is 5.32 Å². The fraction of sp³-hybridized carbons (Fsp3) is 0.188. The van der Waals surface area contributed by atoms with Crippen LogP contribution in [0.25, 0.3) is 11.3 Å². The smallest absolute Gasteiger partial charge is 0.424 e. The fourth-order valence-corrected chi connectivity index (χ4v) is 2.72. The first-order valence-electron chi connectivity index (χ1n) is 7.25. The van der Waals surface area contributed by atoms with Gasteiger partial charge in [0.25, 0.3) is 0 Å². The molecule has 0 saturated carbocycles. The molecule has 0 aliphatic carbocycles. The van der Waals surface area contributed by atoms with Crippen molar-refractivity contribution in [2.45, 2.75) is 19.3 Å². The summed E-state index contributed by atoms with van der Waals surface area (Å²) in [6.45, 7) is 1.08. The number of benzene rings is 1. The number of rotatable bonds is 4. The number of nitrogens with zero attached hydrogens (tertiary/aromatic N) is 1. The molecule has 2 rings (SSSR count). The Balaban J connectivity index is 2.76. The van der Waals surface area contributed by atoms with Gasteiger partial charge in [-0.1, -0.05) is 23.2 Å². The molecular weight excluding hydrogens is 434 g/mol. The summed E-state index contributed by atoms with van der Waals surface area (Å²) in [6.07, 6.45) is -9.15. The van der Waals surface area contributed by atoms with E-state index in [4.69, 9.17) is 23.2 Å². The molecular formula is C16H9Cl2F5N2O3. The Morgan fingerprint density at radius 1 is 1.25 bits per heavy atom. The summed E-state index contributed by atoms with van der Waals surface area (Å²) < 4.78 is 66.5. The number of hydrogen-bond acceptors (Lipinski definition) is 3. The van der Waals surface area contributed by atoms with Crippen molar-refractivity contribution in [3.63, 3.8) is 0 Å². The van der Waals surface area contributed by atoms with Crippen LogP contribution >= 0.6 is 23.2 Å². The molecule has 2 N–H and O–H groups in total. The lowest BCUT2D eigenvalue weighted by molar-refractivity contribution is -0.183. The third kappa shape index (κ3) is 4.33. The van der Waals surface area contributed by atoms with Gasteiger partial charge in [0.2, 0.25) is 12.1 Å². The second kappa shape index (κ2) is 7.88. The maximum Gasteiger partial charge on any atom is 0.424 e. The first kappa shape index (κ1) is 21.8. The summed E-state index contributed by atoms with van der Waals surface area (Å²) in [5.74, 6) is -3.99. The molecule has 0 aliphatic rings. The van der Waals surface area contributed by atoms with E-state index in [1.807, 2.05) is 0 Å². The number of halogens is 7. The van der Waals surface area contributed by atoms with Gasteiger partial charge in [-0.05, 0) is 18.2 Å². The summed E-state index contributed by atoms with van der Waals surface area (Å²) in [5.41, 5.74) is -3.72. The van der Waals surface area contributed by atoms with Gasteiger partial charge < -0.3 is 10.4 Å². The number of pyridine rings is 1. The number of amides is 1. The molecule has 150 valence electrons. The number of carboxylic acid groups (broad SMARTS) is 1. The molecule has 5 nitrogen and oxygen atoms in total. The van der Waals surface area contributed by atoms with Gasteiger partial charge in [-0.2, -0.15) is 13.2 Å². The van der Waals surface area contributed by atoms with E-state index in [-0.39, 0.29) is 5.69 Å². The highest BCUT2D eigenvalue weighted by molar-refractivity contribution is 6.36. The number of alkyl halides is 4. The second-order valence-electron chi connectivity index (χ2n) is 5.43. The average molecular weight is 443 g/mol. The van der Waals surface area contributed by atoms with Crippen molar-refractivity contribution in [3.8, 4) is 11.3 Å². The summed E-state index contributed by atoms with van der Waals surface area (Å²) in [7, 11) is 0. The van der Waals surface area contributed by atoms with Crippen molar-refractivity contribution in [1.82, 2.24) is 4.98 Å². The molecule has 0 bridgehead atoms. The zero-order chi connectivity index (χ0) is 21.4. The summed E-state index contributed by atoms with van der Waals surface area (Å²) in [6, 6.07) is 2.64. The number of carbonyl (C=O) groups is 2. The number of anilines is 1. The first-order chi connectivity index (χ1) is 12.8. The largest absolute Gasteiger partial charge is 0.476 e. The molecule has 1 heterocycles. The van der Waals surface area contributed by atoms with E-state index >= 15 is 0 Å². The quantitative estimate of drug-likeness (QED) is 0.619. The first-order valence-corrected chi connectivity index (χ1v) is 8.00. The van der Waals surface area contributed by atoms with Crippen LogP contribution in [0.5, 0.6) is 0 Å². The predicted octanol–water partition coefficient (Wildman–Crippen LogP) is 5.42. The Labute approximate surface area is 164 Å². The minimum Gasteiger partial charge on any atom is -0.476 e. The third-order valence-corrected chi connectivity index (χ3v) is 4.13. The summed E-state index contributed by atoms with van der Waals surface area (Å²) in [4.78, 5) is 26.2. The topological polar surface area (TPSA) is 79.3 Å². The van der Waals surface area contributed by atoms with Crippen LogP contribution in [-0.4, -0.2) is 28.1 Å². The molecule has 1 atom stereocenters. The zero-order valence-corrected chi connectivity index (χ0v) is 15.2. The predicted molar refractivity (Wildman–Crippen MR) is 90.8 cm³/mol. The van der Waals surface area contributed by atoms with Gasteiger partial charge in [0.05, 0.1) is 27.0 Å². The van der Waals surface area contributed by atoms with Crippen molar-refractivity contribution >= 4 is 40.8 Å². The molecule has 0 aliphatic heterocycles. The lowest BCUT2D eigenvalue weighted by Crippen LogP contribution is -2.18. The van der Waals surface area contributed by atoms with Gasteiger partial charge in [0, 0.05) is 12.5 Å². The molecule has 1 unspecified atom stereocenters. The fourth-order valence-electron chi connectivity index (χ4n) is 2.25. The molecule has 12 heteroatoms. The van der Waals surface area contributed by atoms with Crippen LogP contribution in [-0.2, 0) is 4.79 Å².